The van der Waals surface area contributed by atoms with Gasteiger partial charge in [-0.2, -0.15) is 0 Å². The minimum Gasteiger partial charge on any atom is -0.342 e. The Balaban J connectivity index is 0.00000208. The van der Waals surface area contributed by atoms with Crippen molar-refractivity contribution < 1.29 is 4.79 Å². The molecule has 0 radical (unpaired) electrons. The molecule has 1 aromatic carbocycles. The van der Waals surface area contributed by atoms with Crippen LogP contribution in [-0.2, 0) is 17.6 Å². The molecule has 2 bridgehead atoms. The summed E-state index contributed by atoms with van der Waals surface area (Å²) < 4.78 is 0. The largest absolute Gasteiger partial charge is 0.342 e. The van der Waals surface area contributed by atoms with E-state index in [9.17, 15) is 4.79 Å². The van der Waals surface area contributed by atoms with Crippen LogP contribution in [-0.4, -0.2) is 36.0 Å². The van der Waals surface area contributed by atoms with Gasteiger partial charge in [0.25, 0.3) is 0 Å². The Hall–Kier alpha value is -1.06. The van der Waals surface area contributed by atoms with E-state index in [1.54, 1.807) is 0 Å². The van der Waals surface area contributed by atoms with Crippen molar-refractivity contribution in [3.63, 3.8) is 0 Å². The predicted octanol–water partition coefficient (Wildman–Crippen LogP) is 3.59. The third-order valence-electron chi connectivity index (χ3n) is 5.41. The fourth-order valence-electron chi connectivity index (χ4n) is 4.11. The number of carbonyl (C=O) groups is 1. The maximum absolute atomic E-state index is 12.6. The van der Waals surface area contributed by atoms with E-state index in [-0.39, 0.29) is 18.3 Å². The zero-order valence-electron chi connectivity index (χ0n) is 15.1. The molecule has 2 heterocycles. The third kappa shape index (κ3) is 4.73. The number of rotatable bonds is 5. The van der Waals surface area contributed by atoms with Crippen molar-refractivity contribution in [1.82, 2.24) is 10.2 Å². The molecule has 2 aliphatic rings. The standard InChI is InChI=1S/C20H30N2O.ClH/c1-14(2)10-15-4-6-16(7-5-15)11-20(23)22(3)19-12-17-8-9-18(13-19)21-17;/h4-7,14,17-19,21H,8-13H2,1-3H3;1H. The lowest BCUT2D eigenvalue weighted by Gasteiger charge is -2.35. The van der Waals surface area contributed by atoms with Crippen LogP contribution in [0.1, 0.15) is 50.7 Å². The summed E-state index contributed by atoms with van der Waals surface area (Å²) >= 11 is 0. The number of fused-ring (bicyclic) bond motifs is 2. The number of amides is 1. The van der Waals surface area contributed by atoms with Gasteiger partial charge in [0.15, 0.2) is 0 Å². The topological polar surface area (TPSA) is 32.3 Å². The second-order valence-electron chi connectivity index (χ2n) is 7.86. The van der Waals surface area contributed by atoms with Crippen LogP contribution in [0.5, 0.6) is 0 Å². The Labute approximate surface area is 152 Å². The number of halogens is 1. The van der Waals surface area contributed by atoms with Crippen molar-refractivity contribution >= 4 is 18.3 Å². The zero-order valence-corrected chi connectivity index (χ0v) is 15.9. The van der Waals surface area contributed by atoms with Crippen molar-refractivity contribution in [2.45, 2.75) is 70.5 Å². The number of nitrogens with one attached hydrogen (secondary N) is 1. The lowest BCUT2D eigenvalue weighted by atomic mass is 9.97. The van der Waals surface area contributed by atoms with Gasteiger partial charge in [-0.3, -0.25) is 4.79 Å². The summed E-state index contributed by atoms with van der Waals surface area (Å²) in [7, 11) is 1.99. The molecule has 2 unspecified atom stereocenters. The fraction of sp³-hybridized carbons (Fsp3) is 0.650. The van der Waals surface area contributed by atoms with Crippen molar-refractivity contribution in [3.05, 3.63) is 35.4 Å². The van der Waals surface area contributed by atoms with Crippen molar-refractivity contribution in [1.29, 1.82) is 0 Å². The van der Waals surface area contributed by atoms with E-state index < -0.39 is 0 Å². The van der Waals surface area contributed by atoms with E-state index in [0.29, 0.717) is 30.5 Å². The van der Waals surface area contributed by atoms with Gasteiger partial charge in [-0.25, -0.2) is 0 Å². The van der Waals surface area contributed by atoms with E-state index >= 15 is 0 Å². The first-order valence-corrected chi connectivity index (χ1v) is 9.10. The molecule has 134 valence electrons. The summed E-state index contributed by atoms with van der Waals surface area (Å²) in [6.07, 6.45) is 6.42. The van der Waals surface area contributed by atoms with Crippen molar-refractivity contribution in [2.24, 2.45) is 5.92 Å². The summed E-state index contributed by atoms with van der Waals surface area (Å²) in [6, 6.07) is 10.3. The van der Waals surface area contributed by atoms with Gasteiger partial charge in [0.1, 0.15) is 0 Å². The fourth-order valence-corrected chi connectivity index (χ4v) is 4.11. The molecule has 1 N–H and O–H groups in total. The molecule has 2 saturated heterocycles. The van der Waals surface area contributed by atoms with Crippen LogP contribution in [0, 0.1) is 5.92 Å². The molecule has 0 aromatic heterocycles. The molecule has 1 aromatic rings. The van der Waals surface area contributed by atoms with Gasteiger partial charge in [-0.15, -0.1) is 12.4 Å². The Morgan fingerprint density at radius 3 is 2.21 bits per heavy atom. The first kappa shape index (κ1) is 19.3. The van der Waals surface area contributed by atoms with Crippen molar-refractivity contribution in [2.75, 3.05) is 7.05 Å². The molecule has 0 aliphatic carbocycles. The highest BCUT2D eigenvalue weighted by atomic mass is 35.5. The quantitative estimate of drug-likeness (QED) is 0.880. The summed E-state index contributed by atoms with van der Waals surface area (Å²) in [4.78, 5) is 14.6. The van der Waals surface area contributed by atoms with E-state index in [0.717, 1.165) is 24.8 Å². The smallest absolute Gasteiger partial charge is 0.226 e. The second-order valence-corrected chi connectivity index (χ2v) is 7.86. The summed E-state index contributed by atoms with van der Waals surface area (Å²) in [5.74, 6) is 0.928. The average Bonchev–Trinajstić information content (AvgIpc) is 2.86. The average molecular weight is 351 g/mol. The van der Waals surface area contributed by atoms with Gasteiger partial charge in [-0.05, 0) is 49.1 Å². The number of nitrogens with zero attached hydrogens (tertiary/aromatic N) is 1. The molecule has 4 heteroatoms. The lowest BCUT2D eigenvalue weighted by Crippen LogP contribution is -2.49. The van der Waals surface area contributed by atoms with Gasteiger partial charge in [0, 0.05) is 25.2 Å². The van der Waals surface area contributed by atoms with Crippen LogP contribution in [0.25, 0.3) is 0 Å². The Morgan fingerprint density at radius 2 is 1.67 bits per heavy atom. The predicted molar refractivity (Wildman–Crippen MR) is 102 cm³/mol. The Kier molecular flexibility index (Phi) is 6.70. The Morgan fingerprint density at radius 1 is 1.12 bits per heavy atom. The maximum atomic E-state index is 12.6. The monoisotopic (exact) mass is 350 g/mol. The minimum atomic E-state index is 0. The molecule has 3 nitrogen and oxygen atoms in total. The number of hydrogen-bond acceptors (Lipinski definition) is 2. The van der Waals surface area contributed by atoms with Gasteiger partial charge < -0.3 is 10.2 Å². The molecule has 3 rings (SSSR count). The highest BCUT2D eigenvalue weighted by molar-refractivity contribution is 5.85. The molecule has 1 amide bonds. The van der Waals surface area contributed by atoms with Gasteiger partial charge >= 0.3 is 0 Å². The number of piperidine rings is 1. The normalized spacial score (nSPS) is 25.4. The van der Waals surface area contributed by atoms with E-state index in [2.05, 4.69) is 43.4 Å². The molecule has 0 saturated carbocycles. The van der Waals surface area contributed by atoms with Gasteiger partial charge in [0.2, 0.25) is 5.91 Å². The van der Waals surface area contributed by atoms with E-state index in [1.807, 2.05) is 11.9 Å². The summed E-state index contributed by atoms with van der Waals surface area (Å²) in [5, 5.41) is 3.65. The Bertz CT molecular complexity index is 531. The first-order chi connectivity index (χ1) is 11.0. The van der Waals surface area contributed by atoms with Crippen LogP contribution in [0.4, 0.5) is 0 Å². The summed E-state index contributed by atoms with van der Waals surface area (Å²) in [6.45, 7) is 4.47. The minimum absolute atomic E-state index is 0. The van der Waals surface area contributed by atoms with E-state index in [4.69, 9.17) is 0 Å². The molecule has 0 spiro atoms. The van der Waals surface area contributed by atoms with Crippen LogP contribution in [0.15, 0.2) is 24.3 Å². The molecular formula is C20H31ClN2O. The second kappa shape index (κ2) is 8.35. The number of benzene rings is 1. The molecule has 2 aliphatic heterocycles. The molecule has 2 fully saturated rings. The third-order valence-corrected chi connectivity index (χ3v) is 5.41. The number of carbonyl (C=O) groups excluding carboxylic acids is 1. The SMILES string of the molecule is CC(C)Cc1ccc(CC(=O)N(C)C2CC3CCC(C2)N3)cc1.Cl. The first-order valence-electron chi connectivity index (χ1n) is 9.10. The highest BCUT2D eigenvalue weighted by Gasteiger charge is 2.36. The van der Waals surface area contributed by atoms with Crippen LogP contribution in [0.2, 0.25) is 0 Å². The number of likely N-dealkylation sites (N-methyl/N-ethyl adjacent to an activating group) is 1. The van der Waals surface area contributed by atoms with Gasteiger partial charge in [0.05, 0.1) is 6.42 Å². The molecule has 2 atom stereocenters. The van der Waals surface area contributed by atoms with Crippen LogP contribution in [0.3, 0.4) is 0 Å². The number of hydrogen-bond donors (Lipinski definition) is 1. The summed E-state index contributed by atoms with van der Waals surface area (Å²) in [5.41, 5.74) is 2.49. The lowest BCUT2D eigenvalue weighted by molar-refractivity contribution is -0.131. The van der Waals surface area contributed by atoms with E-state index in [1.165, 1.54) is 18.4 Å². The van der Waals surface area contributed by atoms with Crippen LogP contribution >= 0.6 is 12.4 Å². The molecule has 24 heavy (non-hydrogen) atoms. The zero-order chi connectivity index (χ0) is 16.4. The van der Waals surface area contributed by atoms with Crippen molar-refractivity contribution in [3.8, 4) is 0 Å². The highest BCUT2D eigenvalue weighted by Crippen LogP contribution is 2.29. The maximum Gasteiger partial charge on any atom is 0.226 e. The van der Waals surface area contributed by atoms with Crippen LogP contribution < -0.4 is 5.32 Å². The van der Waals surface area contributed by atoms with Gasteiger partial charge in [-0.1, -0.05) is 38.1 Å². The molecular weight excluding hydrogens is 320 g/mol.